The van der Waals surface area contributed by atoms with E-state index in [1.165, 1.54) is 22.9 Å². The molecule has 0 amide bonds. The quantitative estimate of drug-likeness (QED) is 0.122. The number of nitrogens with one attached hydrogen (secondary N) is 1. The van der Waals surface area contributed by atoms with E-state index in [9.17, 15) is 10.1 Å². The number of anilines is 1. The van der Waals surface area contributed by atoms with Crippen LogP contribution in [0.3, 0.4) is 0 Å². The molecule has 0 bridgehead atoms. The van der Waals surface area contributed by atoms with Gasteiger partial charge in [0.05, 0.1) is 29.1 Å². The second-order valence-corrected chi connectivity index (χ2v) is 11.0. The summed E-state index contributed by atoms with van der Waals surface area (Å²) in [5, 5.41) is 17.5. The molecule has 42 heavy (non-hydrogen) atoms. The summed E-state index contributed by atoms with van der Waals surface area (Å²) in [6.45, 7) is 6.29. The molecule has 1 aliphatic heterocycles. The van der Waals surface area contributed by atoms with Gasteiger partial charge in [0.1, 0.15) is 11.7 Å². The van der Waals surface area contributed by atoms with Crippen molar-refractivity contribution in [2.24, 2.45) is 0 Å². The fourth-order valence-corrected chi connectivity index (χ4v) is 6.43. The Bertz CT molecular complexity index is 1610. The van der Waals surface area contributed by atoms with Gasteiger partial charge in [-0.1, -0.05) is 78.5 Å². The Morgan fingerprint density at radius 1 is 1.05 bits per heavy atom. The van der Waals surface area contributed by atoms with Crippen molar-refractivity contribution in [1.82, 2.24) is 9.97 Å². The molecule has 216 valence electrons. The maximum Gasteiger partial charge on any atom is 1.00 e. The summed E-state index contributed by atoms with van der Waals surface area (Å²) in [5.74, 6) is 0. The number of nitrogens with zero attached hydrogens (tertiary/aromatic N) is 4. The summed E-state index contributed by atoms with van der Waals surface area (Å²) >= 11 is 1.43. The molecular weight excluding hydrogens is 594 g/mol. The minimum absolute atomic E-state index is 0. The number of rotatable bonds is 6. The predicted octanol–water partition coefficient (Wildman–Crippen LogP) is 5.97. The van der Waals surface area contributed by atoms with Gasteiger partial charge in [-0.05, 0) is 48.3 Å². The number of nitriles is 1. The van der Waals surface area contributed by atoms with Crippen molar-refractivity contribution in [3.63, 3.8) is 0 Å². The molecule has 1 aliphatic carbocycles. The molecule has 0 radical (unpaired) electrons. The van der Waals surface area contributed by atoms with Gasteiger partial charge >= 0.3 is 17.1 Å². The molecular formula is C33H30CuN5O2S. The SMILES string of the molecule is CSc1nc2c(c(=O)[nH]1)CO[C@@]1(CCCc3ccc(N(Cc4ccccc4)Cc4ccccc4)c(C#N)c31)C2.[C-]#N.[Cu+]. The van der Waals surface area contributed by atoms with Crippen molar-refractivity contribution >= 4 is 17.4 Å². The molecule has 0 unspecified atom stereocenters. The molecule has 2 heterocycles. The zero-order chi connectivity index (χ0) is 28.8. The van der Waals surface area contributed by atoms with Crippen LogP contribution in [0.15, 0.2) is 82.7 Å². The number of hydrogen-bond donors (Lipinski definition) is 1. The van der Waals surface area contributed by atoms with Crippen LogP contribution in [0.1, 0.15) is 51.9 Å². The summed E-state index contributed by atoms with van der Waals surface area (Å²) < 4.78 is 6.59. The standard InChI is InChI=1S/C32H30N4O2S.CN.Cu/c1-39-31-34-27-17-32(38-21-26(27)30(37)35-31)16-8-13-24-14-15-28(25(18-33)29(24)32)36(19-22-9-4-2-5-10-22)20-23-11-6-3-7-12-23;1-2;/h2-7,9-12,14-15H,8,13,16-17,19-21H2,1H3,(H,34,35,37);;/q;-1;+1/t32-;;/m0../s1. The molecule has 7 nitrogen and oxygen atoms in total. The van der Waals surface area contributed by atoms with Crippen molar-refractivity contribution in [1.29, 1.82) is 10.5 Å². The first-order chi connectivity index (χ1) is 20.1. The first kappa shape index (κ1) is 31.1. The second kappa shape index (κ2) is 13.9. The number of aromatic amines is 1. The topological polar surface area (TPSA) is 106 Å². The van der Waals surface area contributed by atoms with E-state index in [0.717, 1.165) is 41.8 Å². The predicted molar refractivity (Wildman–Crippen MR) is 159 cm³/mol. The maximum absolute atomic E-state index is 12.7. The fraction of sp³-hybridized carbons (Fsp3) is 0.273. The zero-order valence-electron chi connectivity index (χ0n) is 23.2. The van der Waals surface area contributed by atoms with E-state index >= 15 is 0 Å². The number of aryl methyl sites for hydroxylation is 1. The third kappa shape index (κ3) is 6.16. The van der Waals surface area contributed by atoms with Crippen molar-refractivity contribution in [3.8, 4) is 6.07 Å². The fourth-order valence-electron chi connectivity index (χ4n) is 6.03. The van der Waals surface area contributed by atoms with Crippen LogP contribution in [0.5, 0.6) is 0 Å². The van der Waals surface area contributed by atoms with Crippen LogP contribution < -0.4 is 10.5 Å². The molecule has 2 aliphatic rings. The van der Waals surface area contributed by atoms with Gasteiger partial charge in [-0.25, -0.2) is 4.98 Å². The van der Waals surface area contributed by atoms with Gasteiger partial charge in [0.25, 0.3) is 5.56 Å². The second-order valence-electron chi connectivity index (χ2n) is 10.2. The molecule has 3 aromatic carbocycles. The monoisotopic (exact) mass is 623 g/mol. The van der Waals surface area contributed by atoms with Crippen molar-refractivity contribution < 1.29 is 21.8 Å². The van der Waals surface area contributed by atoms with E-state index in [-0.39, 0.29) is 29.2 Å². The number of ether oxygens (including phenoxy) is 1. The molecule has 1 atom stereocenters. The zero-order valence-corrected chi connectivity index (χ0v) is 25.0. The Kier molecular flexibility index (Phi) is 10.3. The van der Waals surface area contributed by atoms with E-state index in [1.54, 1.807) is 0 Å². The Hall–Kier alpha value is -3.85. The van der Waals surface area contributed by atoms with Gasteiger partial charge in [0.2, 0.25) is 0 Å². The number of hydrogen-bond acceptors (Lipinski definition) is 7. The molecule has 6 rings (SSSR count). The molecule has 0 fully saturated rings. The normalized spacial score (nSPS) is 16.5. The number of H-pyrrole nitrogens is 1. The third-order valence-electron chi connectivity index (χ3n) is 7.86. The number of benzene rings is 3. The van der Waals surface area contributed by atoms with Gasteiger partial charge in [0, 0.05) is 25.1 Å². The van der Waals surface area contributed by atoms with Gasteiger partial charge in [-0.3, -0.25) is 4.79 Å². The van der Waals surface area contributed by atoms with E-state index in [1.807, 2.05) is 42.7 Å². The minimum atomic E-state index is -0.677. The molecule has 1 aromatic heterocycles. The van der Waals surface area contributed by atoms with E-state index in [4.69, 9.17) is 21.6 Å². The first-order valence-corrected chi connectivity index (χ1v) is 14.7. The average Bonchev–Trinajstić information content (AvgIpc) is 3.02. The van der Waals surface area contributed by atoms with Crippen LogP contribution in [0.25, 0.3) is 0 Å². The minimum Gasteiger partial charge on any atom is -0.512 e. The molecule has 0 saturated heterocycles. The van der Waals surface area contributed by atoms with Gasteiger partial charge in [0.15, 0.2) is 5.16 Å². The Labute approximate surface area is 261 Å². The summed E-state index contributed by atoms with van der Waals surface area (Å²) in [5.41, 5.74) is 6.61. The van der Waals surface area contributed by atoms with Crippen molar-refractivity contribution in [2.45, 2.75) is 56.1 Å². The van der Waals surface area contributed by atoms with Crippen LogP contribution >= 0.6 is 11.8 Å². The van der Waals surface area contributed by atoms with Crippen LogP contribution in [-0.2, 0) is 59.9 Å². The van der Waals surface area contributed by atoms with Crippen LogP contribution in [0.4, 0.5) is 5.69 Å². The van der Waals surface area contributed by atoms with Crippen LogP contribution in [-0.4, -0.2) is 16.2 Å². The molecule has 1 spiro atoms. The van der Waals surface area contributed by atoms with E-state index in [0.29, 0.717) is 35.8 Å². The smallest absolute Gasteiger partial charge is 0.512 e. The summed E-state index contributed by atoms with van der Waals surface area (Å²) in [7, 11) is 0. The first-order valence-electron chi connectivity index (χ1n) is 13.5. The third-order valence-corrected chi connectivity index (χ3v) is 8.44. The Morgan fingerprint density at radius 3 is 2.29 bits per heavy atom. The Balaban J connectivity index is 0.00000132. The van der Waals surface area contributed by atoms with Crippen molar-refractivity contribution in [2.75, 3.05) is 11.2 Å². The van der Waals surface area contributed by atoms with Gasteiger partial charge < -0.3 is 26.5 Å². The number of fused-ring (bicyclic) bond motifs is 3. The molecule has 9 heteroatoms. The molecule has 4 aromatic rings. The van der Waals surface area contributed by atoms with Gasteiger partial charge in [-0.15, -0.1) is 0 Å². The summed E-state index contributed by atoms with van der Waals surface area (Å²) in [6.07, 6.45) is 5.05. The molecule has 0 saturated carbocycles. The number of aromatic nitrogens is 2. The summed E-state index contributed by atoms with van der Waals surface area (Å²) in [6, 6.07) is 27.6. The van der Waals surface area contributed by atoms with Crippen LogP contribution in [0, 0.1) is 23.2 Å². The molecule has 1 N–H and O–H groups in total. The van der Waals surface area contributed by atoms with E-state index < -0.39 is 5.60 Å². The number of thioether (sulfide) groups is 1. The average molecular weight is 624 g/mol. The van der Waals surface area contributed by atoms with Gasteiger partial charge in [-0.2, -0.15) is 5.26 Å². The largest absolute Gasteiger partial charge is 1.00 e. The van der Waals surface area contributed by atoms with E-state index in [2.05, 4.69) is 52.4 Å². The summed E-state index contributed by atoms with van der Waals surface area (Å²) in [4.78, 5) is 22.6. The van der Waals surface area contributed by atoms with Crippen molar-refractivity contribution in [3.05, 3.63) is 129 Å². The Morgan fingerprint density at radius 2 is 1.69 bits per heavy atom. The maximum atomic E-state index is 12.7. The van der Waals surface area contributed by atoms with Crippen LogP contribution in [0.2, 0.25) is 0 Å².